The van der Waals surface area contributed by atoms with Gasteiger partial charge in [-0.3, -0.25) is 4.90 Å². The van der Waals surface area contributed by atoms with E-state index in [1.807, 2.05) is 6.20 Å². The summed E-state index contributed by atoms with van der Waals surface area (Å²) in [6.07, 6.45) is 2.80. The van der Waals surface area contributed by atoms with Gasteiger partial charge < -0.3 is 14.4 Å². The molecule has 0 saturated carbocycles. The molecule has 0 unspecified atom stereocenters. The number of aliphatic hydroxyl groups excluding tert-OH is 1. The lowest BCUT2D eigenvalue weighted by molar-refractivity contribution is 0.0734. The zero-order valence-corrected chi connectivity index (χ0v) is 13.4. The van der Waals surface area contributed by atoms with Crippen LogP contribution in [0.4, 0.5) is 4.39 Å². The van der Waals surface area contributed by atoms with Crippen molar-refractivity contribution in [3.05, 3.63) is 48.3 Å². The maximum absolute atomic E-state index is 13.2. The van der Waals surface area contributed by atoms with Crippen LogP contribution in [0, 0.1) is 5.82 Å². The largest absolute Gasteiger partial charge is 0.486 e. The molecule has 0 radical (unpaired) electrons. The Balaban J connectivity index is 1.63. The highest BCUT2D eigenvalue weighted by Crippen LogP contribution is 2.21. The molecule has 6 heteroatoms. The molecule has 1 N–H and O–H groups in total. The Bertz CT molecular complexity index is 659. The highest BCUT2D eigenvalue weighted by molar-refractivity contribution is 5.23. The first-order valence-corrected chi connectivity index (χ1v) is 7.87. The highest BCUT2D eigenvalue weighted by atomic mass is 19.1. The van der Waals surface area contributed by atoms with Gasteiger partial charge in [0.2, 0.25) is 0 Å². The molecule has 5 nitrogen and oxygen atoms in total. The van der Waals surface area contributed by atoms with Crippen LogP contribution in [0.2, 0.25) is 0 Å². The number of aliphatic hydroxyl groups is 1. The van der Waals surface area contributed by atoms with Crippen molar-refractivity contribution in [1.82, 2.24) is 14.5 Å². The van der Waals surface area contributed by atoms with Crippen molar-refractivity contribution >= 4 is 0 Å². The predicted molar refractivity (Wildman–Crippen MR) is 84.7 cm³/mol. The second-order valence-electron chi connectivity index (χ2n) is 6.22. The van der Waals surface area contributed by atoms with E-state index in [1.165, 1.54) is 12.1 Å². The van der Waals surface area contributed by atoms with E-state index in [0.717, 1.165) is 5.82 Å². The molecule has 0 aliphatic carbocycles. The van der Waals surface area contributed by atoms with E-state index < -0.39 is 6.10 Å². The van der Waals surface area contributed by atoms with Crippen molar-refractivity contribution in [2.45, 2.75) is 38.6 Å². The molecule has 1 aromatic carbocycles. The van der Waals surface area contributed by atoms with Crippen LogP contribution in [0.3, 0.4) is 0 Å². The topological polar surface area (TPSA) is 50.5 Å². The second kappa shape index (κ2) is 6.68. The SMILES string of the molecule is CC(C)n1ccnc1CN1C[C@@H](O)[C@H](Oc2cccc(F)c2)C1. The fourth-order valence-corrected chi connectivity index (χ4v) is 2.93. The fourth-order valence-electron chi connectivity index (χ4n) is 2.93. The molecule has 2 heterocycles. The summed E-state index contributed by atoms with van der Waals surface area (Å²) in [7, 11) is 0. The summed E-state index contributed by atoms with van der Waals surface area (Å²) in [5, 5.41) is 10.2. The number of nitrogens with zero attached hydrogens (tertiary/aromatic N) is 3. The van der Waals surface area contributed by atoms with Crippen LogP contribution in [0.25, 0.3) is 0 Å². The van der Waals surface area contributed by atoms with E-state index in [1.54, 1.807) is 18.3 Å². The summed E-state index contributed by atoms with van der Waals surface area (Å²) < 4.78 is 21.1. The van der Waals surface area contributed by atoms with E-state index in [9.17, 15) is 9.50 Å². The molecule has 2 aromatic rings. The lowest BCUT2D eigenvalue weighted by atomic mass is 10.2. The molecular formula is C17H22FN3O2. The molecule has 124 valence electrons. The van der Waals surface area contributed by atoms with Gasteiger partial charge >= 0.3 is 0 Å². The standard InChI is InChI=1S/C17H22FN3O2/c1-12(2)21-7-6-19-17(21)11-20-9-15(22)16(10-20)23-14-5-3-4-13(18)8-14/h3-8,12,15-16,22H,9-11H2,1-2H3/t15-,16-/m1/s1. The third kappa shape index (κ3) is 3.71. The third-order valence-electron chi connectivity index (χ3n) is 4.07. The number of hydrogen-bond acceptors (Lipinski definition) is 4. The van der Waals surface area contributed by atoms with Gasteiger partial charge in [-0.15, -0.1) is 0 Å². The zero-order chi connectivity index (χ0) is 16.4. The number of ether oxygens (including phenoxy) is 1. The fraction of sp³-hybridized carbons (Fsp3) is 0.471. The van der Waals surface area contributed by atoms with Crippen LogP contribution in [0.1, 0.15) is 25.7 Å². The van der Waals surface area contributed by atoms with Gasteiger partial charge in [0.15, 0.2) is 0 Å². The summed E-state index contributed by atoms with van der Waals surface area (Å²) in [6.45, 7) is 5.98. The van der Waals surface area contributed by atoms with Gasteiger partial charge in [0.25, 0.3) is 0 Å². The first-order chi connectivity index (χ1) is 11.0. The van der Waals surface area contributed by atoms with Crippen molar-refractivity contribution in [3.8, 4) is 5.75 Å². The Morgan fingerprint density at radius 3 is 2.96 bits per heavy atom. The quantitative estimate of drug-likeness (QED) is 0.918. The van der Waals surface area contributed by atoms with Crippen LogP contribution in [-0.4, -0.2) is 44.9 Å². The molecule has 0 amide bonds. The third-order valence-corrected chi connectivity index (χ3v) is 4.07. The summed E-state index contributed by atoms with van der Waals surface area (Å²) in [5.74, 6) is 1.07. The lowest BCUT2D eigenvalue weighted by Crippen LogP contribution is -2.30. The van der Waals surface area contributed by atoms with Crippen LogP contribution in [-0.2, 0) is 6.54 Å². The maximum atomic E-state index is 13.2. The van der Waals surface area contributed by atoms with Gasteiger partial charge in [-0.25, -0.2) is 9.37 Å². The number of hydrogen-bond donors (Lipinski definition) is 1. The minimum Gasteiger partial charge on any atom is -0.486 e. The van der Waals surface area contributed by atoms with Gasteiger partial charge in [-0.05, 0) is 26.0 Å². The van der Waals surface area contributed by atoms with Crippen LogP contribution in [0.5, 0.6) is 5.75 Å². The number of aromatic nitrogens is 2. The Hall–Kier alpha value is -1.92. The first kappa shape index (κ1) is 16.0. The Morgan fingerprint density at radius 1 is 1.39 bits per heavy atom. The van der Waals surface area contributed by atoms with E-state index in [0.29, 0.717) is 31.4 Å². The molecule has 1 aliphatic rings. The average molecular weight is 319 g/mol. The number of β-amino-alcohol motifs (C(OH)–C–C–N with tert-alkyl or cyclic N) is 1. The van der Waals surface area contributed by atoms with Crippen molar-refractivity contribution in [3.63, 3.8) is 0 Å². The normalized spacial score (nSPS) is 22.0. The van der Waals surface area contributed by atoms with E-state index >= 15 is 0 Å². The van der Waals surface area contributed by atoms with Gasteiger partial charge in [-0.2, -0.15) is 0 Å². The van der Waals surface area contributed by atoms with Crippen LogP contribution < -0.4 is 4.74 Å². The average Bonchev–Trinajstić information content (AvgIpc) is 3.07. The first-order valence-electron chi connectivity index (χ1n) is 7.87. The van der Waals surface area contributed by atoms with Crippen molar-refractivity contribution < 1.29 is 14.2 Å². The number of benzene rings is 1. The highest BCUT2D eigenvalue weighted by Gasteiger charge is 2.33. The molecule has 3 rings (SSSR count). The second-order valence-corrected chi connectivity index (χ2v) is 6.22. The molecule has 1 fully saturated rings. The predicted octanol–water partition coefficient (Wildman–Crippen LogP) is 2.23. The number of rotatable bonds is 5. The summed E-state index contributed by atoms with van der Waals surface area (Å²) in [4.78, 5) is 6.50. The Morgan fingerprint density at radius 2 is 2.22 bits per heavy atom. The van der Waals surface area contributed by atoms with Crippen molar-refractivity contribution in [1.29, 1.82) is 0 Å². The maximum Gasteiger partial charge on any atom is 0.138 e. The smallest absolute Gasteiger partial charge is 0.138 e. The van der Waals surface area contributed by atoms with Crippen LogP contribution >= 0.6 is 0 Å². The van der Waals surface area contributed by atoms with E-state index in [-0.39, 0.29) is 11.9 Å². The lowest BCUT2D eigenvalue weighted by Gasteiger charge is -2.18. The molecule has 1 aliphatic heterocycles. The molecule has 23 heavy (non-hydrogen) atoms. The van der Waals surface area contributed by atoms with Crippen molar-refractivity contribution in [2.75, 3.05) is 13.1 Å². The van der Waals surface area contributed by atoms with Gasteiger partial charge in [0.1, 0.15) is 29.6 Å². The monoisotopic (exact) mass is 319 g/mol. The number of halogens is 1. The minimum absolute atomic E-state index is 0.342. The van der Waals surface area contributed by atoms with Gasteiger partial charge in [0, 0.05) is 37.6 Å². The van der Waals surface area contributed by atoms with Crippen LogP contribution in [0.15, 0.2) is 36.7 Å². The summed E-state index contributed by atoms with van der Waals surface area (Å²) in [6, 6.07) is 6.35. The molecule has 1 aromatic heterocycles. The molecular weight excluding hydrogens is 297 g/mol. The number of likely N-dealkylation sites (tertiary alicyclic amines) is 1. The molecule has 0 spiro atoms. The zero-order valence-electron chi connectivity index (χ0n) is 13.4. The minimum atomic E-state index is -0.597. The van der Waals surface area contributed by atoms with Gasteiger partial charge in [-0.1, -0.05) is 6.07 Å². The molecule has 1 saturated heterocycles. The molecule has 0 bridgehead atoms. The van der Waals surface area contributed by atoms with Crippen molar-refractivity contribution in [2.24, 2.45) is 0 Å². The van der Waals surface area contributed by atoms with Gasteiger partial charge in [0.05, 0.1) is 6.54 Å². The molecule has 2 atom stereocenters. The van der Waals surface area contributed by atoms with E-state index in [4.69, 9.17) is 4.74 Å². The summed E-state index contributed by atoms with van der Waals surface area (Å²) >= 11 is 0. The van der Waals surface area contributed by atoms with E-state index in [2.05, 4.69) is 28.3 Å². The Kier molecular flexibility index (Phi) is 4.63. The Labute approximate surface area is 135 Å². The number of imidazole rings is 1. The summed E-state index contributed by atoms with van der Waals surface area (Å²) in [5.41, 5.74) is 0.